The molecule has 25 heavy (non-hydrogen) atoms. The Morgan fingerprint density at radius 2 is 1.88 bits per heavy atom. The summed E-state index contributed by atoms with van der Waals surface area (Å²) in [5.74, 6) is -0.850. The summed E-state index contributed by atoms with van der Waals surface area (Å²) in [7, 11) is 0. The molecule has 5 heteroatoms. The summed E-state index contributed by atoms with van der Waals surface area (Å²) in [6, 6.07) is 6.64. The first-order valence-electron chi connectivity index (χ1n) is 9.18. The number of unbranched alkanes of at least 4 members (excludes halogenated alkanes) is 6. The van der Waals surface area contributed by atoms with Crippen molar-refractivity contribution in [3.63, 3.8) is 0 Å². The Bertz CT molecular complexity index is 569. The van der Waals surface area contributed by atoms with Crippen molar-refractivity contribution >= 4 is 17.7 Å². The van der Waals surface area contributed by atoms with E-state index in [-0.39, 0.29) is 16.5 Å². The molecule has 0 heterocycles. The molecule has 0 aromatic heterocycles. The number of carbonyl (C=O) groups is 1. The molecule has 1 unspecified atom stereocenters. The lowest BCUT2D eigenvalue weighted by Gasteiger charge is -2.08. The lowest BCUT2D eigenvalue weighted by atomic mass is 9.98. The number of non-ortho nitro benzene ring substituents is 1. The van der Waals surface area contributed by atoms with Crippen molar-refractivity contribution in [3.8, 4) is 0 Å². The number of carboxylic acids is 1. The van der Waals surface area contributed by atoms with Crippen molar-refractivity contribution in [3.05, 3.63) is 46.0 Å². The molecule has 0 radical (unpaired) electrons. The van der Waals surface area contributed by atoms with Crippen LogP contribution in [-0.2, 0) is 4.79 Å². The zero-order valence-electron chi connectivity index (χ0n) is 15.0. The molecule has 1 aromatic rings. The number of nitro groups is 1. The van der Waals surface area contributed by atoms with Crippen LogP contribution in [-0.4, -0.2) is 16.0 Å². The average Bonchev–Trinajstić information content (AvgIpc) is 2.59. The molecule has 0 saturated carbocycles. The third-order valence-electron chi connectivity index (χ3n) is 4.41. The van der Waals surface area contributed by atoms with E-state index in [1.54, 1.807) is 12.1 Å². The van der Waals surface area contributed by atoms with Gasteiger partial charge in [0.15, 0.2) is 0 Å². The smallest absolute Gasteiger partial charge is 0.306 e. The molecule has 0 aliphatic heterocycles. The van der Waals surface area contributed by atoms with Gasteiger partial charge >= 0.3 is 5.97 Å². The second-order valence-corrected chi connectivity index (χ2v) is 6.40. The Morgan fingerprint density at radius 1 is 1.20 bits per heavy atom. The highest BCUT2D eigenvalue weighted by molar-refractivity contribution is 5.69. The largest absolute Gasteiger partial charge is 0.481 e. The van der Waals surface area contributed by atoms with E-state index in [2.05, 4.69) is 6.08 Å². The van der Waals surface area contributed by atoms with E-state index in [1.807, 2.05) is 19.1 Å². The van der Waals surface area contributed by atoms with Crippen LogP contribution in [0, 0.1) is 16.0 Å². The topological polar surface area (TPSA) is 80.4 Å². The number of nitro benzene ring substituents is 1. The van der Waals surface area contributed by atoms with E-state index >= 15 is 0 Å². The molecule has 1 atom stereocenters. The maximum absolute atomic E-state index is 10.9. The monoisotopic (exact) mass is 347 g/mol. The maximum atomic E-state index is 10.9. The molecule has 1 rings (SSSR count). The van der Waals surface area contributed by atoms with Crippen LogP contribution in [0.3, 0.4) is 0 Å². The number of hydrogen-bond donors (Lipinski definition) is 1. The predicted molar refractivity (Wildman–Crippen MR) is 100 cm³/mol. The van der Waals surface area contributed by atoms with Gasteiger partial charge in [-0.25, -0.2) is 0 Å². The number of carboxylic acid groups (broad SMARTS) is 1. The molecular formula is C20H29NO4. The van der Waals surface area contributed by atoms with Crippen molar-refractivity contribution < 1.29 is 14.8 Å². The molecule has 5 nitrogen and oxygen atoms in total. The lowest BCUT2D eigenvalue weighted by Crippen LogP contribution is -2.12. The molecule has 0 saturated heterocycles. The van der Waals surface area contributed by atoms with Gasteiger partial charge in [0.25, 0.3) is 5.69 Å². The van der Waals surface area contributed by atoms with Gasteiger partial charge in [-0.1, -0.05) is 63.3 Å². The minimum atomic E-state index is -0.668. The highest BCUT2D eigenvalue weighted by atomic mass is 16.6. The number of hydrogen-bond acceptors (Lipinski definition) is 3. The summed E-state index contributed by atoms with van der Waals surface area (Å²) in [6.07, 6.45) is 13.2. The minimum Gasteiger partial charge on any atom is -0.481 e. The van der Waals surface area contributed by atoms with Gasteiger partial charge in [-0.15, -0.1) is 0 Å². The Hall–Kier alpha value is -2.17. The van der Waals surface area contributed by atoms with Crippen molar-refractivity contribution in [2.45, 2.75) is 64.7 Å². The van der Waals surface area contributed by atoms with Crippen LogP contribution in [0.15, 0.2) is 30.3 Å². The molecule has 0 aliphatic carbocycles. The number of benzene rings is 1. The van der Waals surface area contributed by atoms with Crippen molar-refractivity contribution in [1.82, 2.24) is 0 Å². The molecule has 0 aliphatic rings. The van der Waals surface area contributed by atoms with Gasteiger partial charge in [0.2, 0.25) is 0 Å². The quantitative estimate of drug-likeness (QED) is 0.276. The molecule has 0 bridgehead atoms. The first-order chi connectivity index (χ1) is 12.0. The molecule has 0 amide bonds. The third-order valence-corrected chi connectivity index (χ3v) is 4.41. The maximum Gasteiger partial charge on any atom is 0.306 e. The van der Waals surface area contributed by atoms with Gasteiger partial charge in [-0.3, -0.25) is 14.9 Å². The molecule has 0 spiro atoms. The molecule has 0 fully saturated rings. The number of nitrogens with zero attached hydrogens (tertiary/aromatic N) is 1. The van der Waals surface area contributed by atoms with Crippen LogP contribution in [0.4, 0.5) is 5.69 Å². The van der Waals surface area contributed by atoms with Crippen molar-refractivity contribution in [2.24, 2.45) is 5.92 Å². The summed E-state index contributed by atoms with van der Waals surface area (Å²) >= 11 is 0. The fourth-order valence-corrected chi connectivity index (χ4v) is 2.82. The third kappa shape index (κ3) is 9.03. The molecule has 1 N–H and O–H groups in total. The van der Waals surface area contributed by atoms with Gasteiger partial charge < -0.3 is 5.11 Å². The van der Waals surface area contributed by atoms with E-state index in [1.165, 1.54) is 12.5 Å². The molecular weight excluding hydrogens is 318 g/mol. The van der Waals surface area contributed by atoms with Gasteiger partial charge in [-0.05, 0) is 31.2 Å². The second kappa shape index (κ2) is 12.2. The highest BCUT2D eigenvalue weighted by Gasteiger charge is 2.13. The SMILES string of the molecule is CCC(CCCCCCCC/C=C/c1cccc([N+](=O)[O-])c1)C(=O)O. The molecule has 1 aromatic carbocycles. The Morgan fingerprint density at radius 3 is 2.52 bits per heavy atom. The van der Waals surface area contributed by atoms with Crippen molar-refractivity contribution in [1.29, 1.82) is 0 Å². The van der Waals surface area contributed by atoms with Gasteiger partial charge in [0.1, 0.15) is 0 Å². The molecule has 138 valence electrons. The van der Waals surface area contributed by atoms with Crippen molar-refractivity contribution in [2.75, 3.05) is 0 Å². The van der Waals surface area contributed by atoms with E-state index < -0.39 is 5.97 Å². The summed E-state index contributed by atoms with van der Waals surface area (Å²) < 4.78 is 0. The average molecular weight is 347 g/mol. The standard InChI is InChI=1S/C20H29NO4/c1-2-18(20(22)23)14-10-8-6-4-3-5-7-9-12-17-13-11-15-19(16-17)21(24)25/h9,11-13,15-16,18H,2-8,10,14H2,1H3,(H,22,23)/b12-9+. The summed E-state index contributed by atoms with van der Waals surface area (Å²) in [5, 5.41) is 19.7. The van der Waals surface area contributed by atoms with E-state index in [4.69, 9.17) is 5.11 Å². The van der Waals surface area contributed by atoms with E-state index in [0.29, 0.717) is 6.42 Å². The van der Waals surface area contributed by atoms with Crippen LogP contribution in [0.5, 0.6) is 0 Å². The first kappa shape index (κ1) is 20.9. The van der Waals surface area contributed by atoms with Gasteiger partial charge in [0, 0.05) is 12.1 Å². The predicted octanol–water partition coefficient (Wildman–Crippen LogP) is 5.84. The Labute approximate surface area is 149 Å². The summed E-state index contributed by atoms with van der Waals surface area (Å²) in [4.78, 5) is 21.2. The number of allylic oxidation sites excluding steroid dienone is 1. The summed E-state index contributed by atoms with van der Waals surface area (Å²) in [6.45, 7) is 1.93. The van der Waals surface area contributed by atoms with Crippen LogP contribution < -0.4 is 0 Å². The fourth-order valence-electron chi connectivity index (χ4n) is 2.82. The number of aliphatic carboxylic acids is 1. The zero-order chi connectivity index (χ0) is 18.5. The van der Waals surface area contributed by atoms with Gasteiger partial charge in [0.05, 0.1) is 10.8 Å². The highest BCUT2D eigenvalue weighted by Crippen LogP contribution is 2.17. The second-order valence-electron chi connectivity index (χ2n) is 6.40. The van der Waals surface area contributed by atoms with Crippen LogP contribution >= 0.6 is 0 Å². The van der Waals surface area contributed by atoms with Gasteiger partial charge in [-0.2, -0.15) is 0 Å². The fraction of sp³-hybridized carbons (Fsp3) is 0.550. The zero-order valence-corrected chi connectivity index (χ0v) is 15.0. The lowest BCUT2D eigenvalue weighted by molar-refractivity contribution is -0.384. The minimum absolute atomic E-state index is 0.121. The Balaban J connectivity index is 2.08. The van der Waals surface area contributed by atoms with Crippen LogP contribution in [0.25, 0.3) is 6.08 Å². The first-order valence-corrected chi connectivity index (χ1v) is 9.18. The van der Waals surface area contributed by atoms with E-state index in [9.17, 15) is 14.9 Å². The summed E-state index contributed by atoms with van der Waals surface area (Å²) in [5.41, 5.74) is 0.980. The van der Waals surface area contributed by atoms with Crippen LogP contribution in [0.2, 0.25) is 0 Å². The Kier molecular flexibility index (Phi) is 10.2. The normalized spacial score (nSPS) is 12.4. The number of rotatable bonds is 13. The van der Waals surface area contributed by atoms with E-state index in [0.717, 1.165) is 50.5 Å². The van der Waals surface area contributed by atoms with Crippen LogP contribution in [0.1, 0.15) is 70.3 Å².